The van der Waals surface area contributed by atoms with Gasteiger partial charge < -0.3 is 11.1 Å². The maximum Gasteiger partial charge on any atom is 0.242 e. The maximum atomic E-state index is 12.1. The maximum absolute atomic E-state index is 12.1. The van der Waals surface area contributed by atoms with Crippen molar-refractivity contribution in [2.24, 2.45) is 10.7 Å². The lowest BCUT2D eigenvalue weighted by atomic mass is 10.0. The molecule has 3 N–H and O–H groups in total. The number of rotatable bonds is 6. The van der Waals surface area contributed by atoms with E-state index in [1.54, 1.807) is 24.3 Å². The topological polar surface area (TPSA) is 87.8 Å². The Bertz CT molecular complexity index is 879. The van der Waals surface area contributed by atoms with Crippen LogP contribution in [-0.2, 0) is 16.6 Å². The molecule has 0 aromatic heterocycles. The Labute approximate surface area is 178 Å². The number of hydrogen-bond donors (Lipinski definition) is 2. The summed E-state index contributed by atoms with van der Waals surface area (Å²) < 4.78 is 25.3. The van der Waals surface area contributed by atoms with Gasteiger partial charge in [0.2, 0.25) is 10.0 Å². The van der Waals surface area contributed by atoms with Crippen LogP contribution in [0, 0.1) is 0 Å². The molecule has 0 amide bonds. The normalized spacial score (nSPS) is 12.1. The molecule has 27 heavy (non-hydrogen) atoms. The average Bonchev–Trinajstić information content (AvgIpc) is 2.60. The number of nitrogens with one attached hydrogen (secondary N) is 1. The van der Waals surface area contributed by atoms with Crippen molar-refractivity contribution < 1.29 is 8.42 Å². The second-order valence-electron chi connectivity index (χ2n) is 6.54. The number of halogens is 1. The predicted octanol–water partition coefficient (Wildman–Crippen LogP) is 3.61. The lowest BCUT2D eigenvalue weighted by Gasteiger charge is -2.11. The van der Waals surface area contributed by atoms with Crippen LogP contribution < -0.4 is 11.1 Å². The molecule has 0 aliphatic rings. The first-order valence-electron chi connectivity index (χ1n) is 8.38. The first kappa shape index (κ1) is 23.4. The molecule has 0 unspecified atom stereocenters. The summed E-state index contributed by atoms with van der Waals surface area (Å²) in [6.07, 6.45) is 0. The monoisotopic (exact) mass is 502 g/mol. The zero-order valence-electron chi connectivity index (χ0n) is 16.0. The van der Waals surface area contributed by atoms with Crippen LogP contribution in [0.5, 0.6) is 0 Å². The van der Waals surface area contributed by atoms with Gasteiger partial charge in [-0.15, -0.1) is 24.0 Å². The molecule has 0 atom stereocenters. The van der Waals surface area contributed by atoms with E-state index in [1.807, 2.05) is 18.2 Å². The van der Waals surface area contributed by atoms with Crippen molar-refractivity contribution in [1.29, 1.82) is 0 Å². The minimum absolute atomic E-state index is 0. The Morgan fingerprint density at radius 1 is 1.15 bits per heavy atom. The van der Waals surface area contributed by atoms with E-state index < -0.39 is 10.0 Å². The number of nitrogens with zero attached hydrogens (tertiary/aromatic N) is 2. The smallest absolute Gasteiger partial charge is 0.242 e. The van der Waals surface area contributed by atoms with Gasteiger partial charge in [-0.2, -0.15) is 0 Å². The number of aliphatic imine (C=N–C) groups is 1. The van der Waals surface area contributed by atoms with Gasteiger partial charge in [-0.3, -0.25) is 0 Å². The summed E-state index contributed by atoms with van der Waals surface area (Å²) in [4.78, 5) is 4.57. The third-order valence-electron chi connectivity index (χ3n) is 3.96. The highest BCUT2D eigenvalue weighted by atomic mass is 127. The van der Waals surface area contributed by atoms with Gasteiger partial charge in [0, 0.05) is 19.8 Å². The average molecular weight is 502 g/mol. The van der Waals surface area contributed by atoms with Crippen LogP contribution in [0.25, 0.3) is 0 Å². The highest BCUT2D eigenvalue weighted by Crippen LogP contribution is 2.18. The van der Waals surface area contributed by atoms with Crippen molar-refractivity contribution >= 4 is 45.6 Å². The fraction of sp³-hybridized carbons (Fsp3) is 0.316. The summed E-state index contributed by atoms with van der Waals surface area (Å²) in [5.74, 6) is 0.753. The number of benzene rings is 2. The van der Waals surface area contributed by atoms with E-state index in [1.165, 1.54) is 24.0 Å². The van der Waals surface area contributed by atoms with Crippen LogP contribution >= 0.6 is 24.0 Å². The standard InChI is InChI=1S/C19H26N4O2S.HI/c1-14(2)16-6-5-7-17(12-16)22-19(20)21-13-15-8-10-18(11-9-15)26(24,25)23(3)4;/h5-12,14H,13H2,1-4H3,(H3,20,21,22);1H. The second kappa shape index (κ2) is 10.0. The zero-order chi connectivity index (χ0) is 19.3. The summed E-state index contributed by atoms with van der Waals surface area (Å²) in [6, 6.07) is 14.7. The van der Waals surface area contributed by atoms with E-state index in [4.69, 9.17) is 5.73 Å². The van der Waals surface area contributed by atoms with E-state index in [2.05, 4.69) is 30.2 Å². The molecule has 0 aliphatic carbocycles. The molecule has 0 heterocycles. The lowest BCUT2D eigenvalue weighted by Crippen LogP contribution is -2.23. The molecular formula is C19H27IN4O2S. The Morgan fingerprint density at radius 2 is 1.78 bits per heavy atom. The molecule has 2 rings (SSSR count). The number of anilines is 1. The van der Waals surface area contributed by atoms with Gasteiger partial charge in [-0.1, -0.05) is 38.1 Å². The first-order valence-corrected chi connectivity index (χ1v) is 9.82. The Kier molecular flexibility index (Phi) is 8.70. The molecule has 2 aromatic rings. The summed E-state index contributed by atoms with van der Waals surface area (Å²) in [5.41, 5.74) is 8.95. The minimum atomic E-state index is -3.42. The quantitative estimate of drug-likeness (QED) is 0.359. The summed E-state index contributed by atoms with van der Waals surface area (Å²) in [5, 5.41) is 3.08. The number of hydrogen-bond acceptors (Lipinski definition) is 3. The van der Waals surface area contributed by atoms with Gasteiger partial charge in [0.15, 0.2) is 5.96 Å². The van der Waals surface area contributed by atoms with E-state index in [-0.39, 0.29) is 28.9 Å². The van der Waals surface area contributed by atoms with E-state index in [9.17, 15) is 8.42 Å². The van der Waals surface area contributed by atoms with Gasteiger partial charge in [0.25, 0.3) is 0 Å². The Morgan fingerprint density at radius 3 is 2.33 bits per heavy atom. The van der Waals surface area contributed by atoms with Gasteiger partial charge in [0.05, 0.1) is 11.4 Å². The summed E-state index contributed by atoms with van der Waals surface area (Å²) in [6.45, 7) is 4.64. The molecule has 0 radical (unpaired) electrons. The van der Waals surface area contributed by atoms with Crippen LogP contribution in [0.1, 0.15) is 30.9 Å². The van der Waals surface area contributed by atoms with E-state index >= 15 is 0 Å². The third-order valence-corrected chi connectivity index (χ3v) is 5.79. The Hall–Kier alpha value is -1.65. The van der Waals surface area contributed by atoms with Crippen molar-refractivity contribution in [1.82, 2.24) is 4.31 Å². The van der Waals surface area contributed by atoms with Crippen molar-refractivity contribution in [3.63, 3.8) is 0 Å². The summed E-state index contributed by atoms with van der Waals surface area (Å²) in [7, 11) is -0.400. The third kappa shape index (κ3) is 6.47. The molecule has 6 nitrogen and oxygen atoms in total. The number of guanidine groups is 1. The predicted molar refractivity (Wildman–Crippen MR) is 122 cm³/mol. The van der Waals surface area contributed by atoms with Crippen LogP contribution in [0.2, 0.25) is 0 Å². The van der Waals surface area contributed by atoms with Gasteiger partial charge >= 0.3 is 0 Å². The van der Waals surface area contributed by atoms with Gasteiger partial charge in [0.1, 0.15) is 0 Å². The molecule has 2 aromatic carbocycles. The largest absolute Gasteiger partial charge is 0.370 e. The molecule has 0 saturated heterocycles. The fourth-order valence-corrected chi connectivity index (χ4v) is 3.22. The zero-order valence-corrected chi connectivity index (χ0v) is 19.2. The molecular weight excluding hydrogens is 475 g/mol. The molecule has 0 spiro atoms. The van der Waals surface area contributed by atoms with E-state index in [0.29, 0.717) is 18.4 Å². The highest BCUT2D eigenvalue weighted by Gasteiger charge is 2.16. The molecule has 0 fully saturated rings. The van der Waals surface area contributed by atoms with Crippen LogP contribution in [0.4, 0.5) is 5.69 Å². The number of nitrogens with two attached hydrogens (primary N) is 1. The second-order valence-corrected chi connectivity index (χ2v) is 8.69. The molecule has 0 aliphatic heterocycles. The molecule has 8 heteroatoms. The Balaban J connectivity index is 0.00000364. The van der Waals surface area contributed by atoms with Crippen LogP contribution in [0.3, 0.4) is 0 Å². The fourth-order valence-electron chi connectivity index (χ4n) is 2.32. The van der Waals surface area contributed by atoms with E-state index in [0.717, 1.165) is 11.3 Å². The van der Waals surface area contributed by atoms with Crippen LogP contribution in [0.15, 0.2) is 58.4 Å². The van der Waals surface area contributed by atoms with Crippen molar-refractivity contribution in [2.75, 3.05) is 19.4 Å². The first-order chi connectivity index (χ1) is 12.2. The molecule has 0 saturated carbocycles. The SMILES string of the molecule is CC(C)c1cccc(NC(N)=NCc2ccc(S(=O)(=O)N(C)C)cc2)c1.I. The van der Waals surface area contributed by atoms with Gasteiger partial charge in [-0.25, -0.2) is 17.7 Å². The lowest BCUT2D eigenvalue weighted by molar-refractivity contribution is 0.520. The highest BCUT2D eigenvalue weighted by molar-refractivity contribution is 14.0. The molecule has 148 valence electrons. The minimum Gasteiger partial charge on any atom is -0.370 e. The van der Waals surface area contributed by atoms with Crippen molar-refractivity contribution in [3.8, 4) is 0 Å². The van der Waals surface area contributed by atoms with Crippen LogP contribution in [-0.4, -0.2) is 32.8 Å². The van der Waals surface area contributed by atoms with Gasteiger partial charge in [-0.05, 0) is 41.3 Å². The van der Waals surface area contributed by atoms with Crippen molar-refractivity contribution in [2.45, 2.75) is 31.2 Å². The summed E-state index contributed by atoms with van der Waals surface area (Å²) >= 11 is 0. The number of sulfonamides is 1. The molecule has 0 bridgehead atoms. The van der Waals surface area contributed by atoms with Crippen molar-refractivity contribution in [3.05, 3.63) is 59.7 Å².